The number of aliphatic carboxylic acids is 1. The second-order valence-electron chi connectivity index (χ2n) is 5.64. The van der Waals surface area contributed by atoms with Gasteiger partial charge < -0.3 is 20.2 Å². The Labute approximate surface area is 115 Å². The SMILES string of the molecule is CCN(CC(C)C(=O)O)C(=O)NCC(C)(C)N(C)C. The van der Waals surface area contributed by atoms with Crippen LogP contribution in [0.3, 0.4) is 0 Å². The molecule has 0 radical (unpaired) electrons. The molecule has 0 aliphatic carbocycles. The van der Waals surface area contributed by atoms with Crippen LogP contribution in [0.4, 0.5) is 4.79 Å². The minimum absolute atomic E-state index is 0.145. The van der Waals surface area contributed by atoms with Crippen LogP contribution in [0.2, 0.25) is 0 Å². The number of nitrogens with zero attached hydrogens (tertiary/aromatic N) is 2. The Hall–Kier alpha value is -1.30. The molecule has 0 heterocycles. The van der Waals surface area contributed by atoms with E-state index < -0.39 is 11.9 Å². The number of rotatable bonds is 7. The predicted molar refractivity (Wildman–Crippen MR) is 75.2 cm³/mol. The van der Waals surface area contributed by atoms with Crippen LogP contribution in [0.1, 0.15) is 27.7 Å². The predicted octanol–water partition coefficient (Wildman–Crippen LogP) is 1.08. The molecule has 112 valence electrons. The summed E-state index contributed by atoms with van der Waals surface area (Å²) < 4.78 is 0. The molecule has 6 heteroatoms. The van der Waals surface area contributed by atoms with E-state index in [9.17, 15) is 9.59 Å². The molecule has 0 saturated carbocycles. The summed E-state index contributed by atoms with van der Waals surface area (Å²) in [6.07, 6.45) is 0. The lowest BCUT2D eigenvalue weighted by molar-refractivity contribution is -0.141. The number of hydrogen-bond donors (Lipinski definition) is 2. The second kappa shape index (κ2) is 7.33. The molecule has 1 unspecified atom stereocenters. The van der Waals surface area contributed by atoms with E-state index in [4.69, 9.17) is 5.11 Å². The summed E-state index contributed by atoms with van der Waals surface area (Å²) in [6, 6.07) is -0.217. The topological polar surface area (TPSA) is 72.9 Å². The van der Waals surface area contributed by atoms with Crippen molar-refractivity contribution in [3.8, 4) is 0 Å². The minimum atomic E-state index is -0.889. The maximum Gasteiger partial charge on any atom is 0.317 e. The third-order valence-electron chi connectivity index (χ3n) is 3.47. The van der Waals surface area contributed by atoms with E-state index in [-0.39, 0.29) is 18.1 Å². The molecule has 0 aliphatic heterocycles. The Bertz CT molecular complexity index is 316. The molecule has 0 saturated heterocycles. The van der Waals surface area contributed by atoms with Crippen LogP contribution in [-0.2, 0) is 4.79 Å². The molecule has 0 rings (SSSR count). The van der Waals surface area contributed by atoms with Crippen molar-refractivity contribution in [3.63, 3.8) is 0 Å². The highest BCUT2D eigenvalue weighted by atomic mass is 16.4. The number of amides is 2. The number of urea groups is 1. The van der Waals surface area contributed by atoms with Gasteiger partial charge in [-0.3, -0.25) is 4.79 Å². The van der Waals surface area contributed by atoms with Gasteiger partial charge in [0.05, 0.1) is 5.92 Å². The van der Waals surface area contributed by atoms with Crippen molar-refractivity contribution < 1.29 is 14.7 Å². The van der Waals surface area contributed by atoms with Gasteiger partial charge >= 0.3 is 12.0 Å². The van der Waals surface area contributed by atoms with E-state index in [0.29, 0.717) is 13.1 Å². The summed E-state index contributed by atoms with van der Waals surface area (Å²) in [5.74, 6) is -1.45. The van der Waals surface area contributed by atoms with E-state index in [1.807, 2.05) is 39.8 Å². The highest BCUT2D eigenvalue weighted by Gasteiger charge is 2.24. The Morgan fingerprint density at radius 2 is 1.84 bits per heavy atom. The maximum absolute atomic E-state index is 12.0. The van der Waals surface area contributed by atoms with Gasteiger partial charge in [0.2, 0.25) is 0 Å². The van der Waals surface area contributed by atoms with Crippen molar-refractivity contribution in [1.82, 2.24) is 15.1 Å². The number of likely N-dealkylation sites (N-methyl/N-ethyl adjacent to an activating group) is 1. The number of carbonyl (C=O) groups excluding carboxylic acids is 1. The van der Waals surface area contributed by atoms with Crippen LogP contribution in [0.25, 0.3) is 0 Å². The molecular formula is C13H27N3O3. The van der Waals surface area contributed by atoms with Crippen LogP contribution < -0.4 is 5.32 Å². The normalized spacial score (nSPS) is 13.2. The van der Waals surface area contributed by atoms with Crippen molar-refractivity contribution in [2.75, 3.05) is 33.7 Å². The maximum atomic E-state index is 12.0. The van der Waals surface area contributed by atoms with E-state index in [0.717, 1.165) is 0 Å². The standard InChI is InChI=1S/C13H27N3O3/c1-7-16(8-10(2)11(17)18)12(19)14-9-13(3,4)15(5)6/h10H,7-9H2,1-6H3,(H,14,19)(H,17,18). The van der Waals surface area contributed by atoms with Gasteiger partial charge in [-0.25, -0.2) is 4.79 Å². The molecule has 2 N–H and O–H groups in total. The highest BCUT2D eigenvalue weighted by molar-refractivity contribution is 5.76. The van der Waals surface area contributed by atoms with Crippen LogP contribution in [0.5, 0.6) is 0 Å². The molecule has 2 amide bonds. The first-order valence-corrected chi connectivity index (χ1v) is 6.54. The van der Waals surface area contributed by atoms with Crippen molar-refractivity contribution in [3.05, 3.63) is 0 Å². The minimum Gasteiger partial charge on any atom is -0.481 e. The van der Waals surface area contributed by atoms with E-state index in [2.05, 4.69) is 5.32 Å². The first-order chi connectivity index (χ1) is 8.61. The molecule has 19 heavy (non-hydrogen) atoms. The molecule has 1 atom stereocenters. The molecule has 0 aromatic carbocycles. The first-order valence-electron chi connectivity index (χ1n) is 6.54. The van der Waals surface area contributed by atoms with Gasteiger partial charge in [-0.1, -0.05) is 6.92 Å². The van der Waals surface area contributed by atoms with Crippen molar-refractivity contribution in [2.45, 2.75) is 33.2 Å². The third-order valence-corrected chi connectivity index (χ3v) is 3.47. The molecule has 0 fully saturated rings. The monoisotopic (exact) mass is 273 g/mol. The average Bonchev–Trinajstić information content (AvgIpc) is 2.32. The summed E-state index contributed by atoms with van der Waals surface area (Å²) in [5, 5.41) is 11.7. The Morgan fingerprint density at radius 1 is 1.32 bits per heavy atom. The first kappa shape index (κ1) is 17.7. The van der Waals surface area contributed by atoms with Gasteiger partial charge in [0.15, 0.2) is 0 Å². The summed E-state index contributed by atoms with van der Waals surface area (Å²) in [6.45, 7) is 8.73. The smallest absolute Gasteiger partial charge is 0.317 e. The van der Waals surface area contributed by atoms with Gasteiger partial charge in [0.1, 0.15) is 0 Å². The van der Waals surface area contributed by atoms with Crippen LogP contribution >= 0.6 is 0 Å². The lowest BCUT2D eigenvalue weighted by Crippen LogP contribution is -2.51. The van der Waals surface area contributed by atoms with Crippen LogP contribution in [0, 0.1) is 5.92 Å². The number of hydrogen-bond acceptors (Lipinski definition) is 3. The van der Waals surface area contributed by atoms with Gasteiger partial charge in [0.25, 0.3) is 0 Å². The summed E-state index contributed by atoms with van der Waals surface area (Å²) in [7, 11) is 3.91. The lowest BCUT2D eigenvalue weighted by atomic mass is 10.0. The quantitative estimate of drug-likeness (QED) is 0.728. The van der Waals surface area contributed by atoms with Gasteiger partial charge in [-0.05, 0) is 34.9 Å². The Morgan fingerprint density at radius 3 is 2.21 bits per heavy atom. The Balaban J connectivity index is 4.42. The van der Waals surface area contributed by atoms with Gasteiger partial charge in [0, 0.05) is 25.2 Å². The van der Waals surface area contributed by atoms with E-state index >= 15 is 0 Å². The largest absolute Gasteiger partial charge is 0.481 e. The number of carbonyl (C=O) groups is 2. The lowest BCUT2D eigenvalue weighted by Gasteiger charge is -2.33. The fourth-order valence-electron chi connectivity index (χ4n) is 1.33. The van der Waals surface area contributed by atoms with Gasteiger partial charge in [-0.15, -0.1) is 0 Å². The Kier molecular flexibility index (Phi) is 6.83. The van der Waals surface area contributed by atoms with Crippen molar-refractivity contribution in [2.24, 2.45) is 5.92 Å². The van der Waals surface area contributed by atoms with Crippen LogP contribution in [-0.4, -0.2) is 66.2 Å². The highest BCUT2D eigenvalue weighted by Crippen LogP contribution is 2.08. The number of carboxylic acids is 1. The zero-order chi connectivity index (χ0) is 15.2. The second-order valence-corrected chi connectivity index (χ2v) is 5.64. The fourth-order valence-corrected chi connectivity index (χ4v) is 1.33. The molecule has 0 aromatic rings. The van der Waals surface area contributed by atoms with Crippen molar-refractivity contribution >= 4 is 12.0 Å². The molecular weight excluding hydrogens is 246 g/mol. The molecule has 0 spiro atoms. The van der Waals surface area contributed by atoms with E-state index in [1.165, 1.54) is 4.90 Å². The van der Waals surface area contributed by atoms with E-state index in [1.54, 1.807) is 6.92 Å². The zero-order valence-corrected chi connectivity index (χ0v) is 12.9. The summed E-state index contributed by atoms with van der Waals surface area (Å²) in [4.78, 5) is 26.4. The zero-order valence-electron chi connectivity index (χ0n) is 12.9. The van der Waals surface area contributed by atoms with Gasteiger partial charge in [-0.2, -0.15) is 0 Å². The molecule has 0 aliphatic rings. The summed E-state index contributed by atoms with van der Waals surface area (Å²) >= 11 is 0. The summed E-state index contributed by atoms with van der Waals surface area (Å²) in [5.41, 5.74) is -0.145. The third kappa shape index (κ3) is 5.92. The molecule has 0 aromatic heterocycles. The number of nitrogens with one attached hydrogen (secondary N) is 1. The molecule has 0 bridgehead atoms. The van der Waals surface area contributed by atoms with Crippen molar-refractivity contribution in [1.29, 1.82) is 0 Å². The number of carboxylic acid groups (broad SMARTS) is 1. The van der Waals surface area contributed by atoms with Crippen LogP contribution in [0.15, 0.2) is 0 Å². The average molecular weight is 273 g/mol. The molecule has 6 nitrogen and oxygen atoms in total. The fraction of sp³-hybridized carbons (Fsp3) is 0.846.